The van der Waals surface area contributed by atoms with Gasteiger partial charge in [0.1, 0.15) is 0 Å². The van der Waals surface area contributed by atoms with E-state index in [1.807, 2.05) is 13.8 Å². The van der Waals surface area contributed by atoms with E-state index < -0.39 is 23.8 Å². The average molecular weight is 271 g/mol. The van der Waals surface area contributed by atoms with Gasteiger partial charge in [0.25, 0.3) is 0 Å². The van der Waals surface area contributed by atoms with Gasteiger partial charge in [-0.2, -0.15) is 0 Å². The topological polar surface area (TPSA) is 94.9 Å². The van der Waals surface area contributed by atoms with Crippen LogP contribution in [0, 0.1) is 17.8 Å². The van der Waals surface area contributed by atoms with Gasteiger partial charge in [-0.15, -0.1) is 0 Å². The summed E-state index contributed by atoms with van der Waals surface area (Å²) in [6.07, 6.45) is 1.63. The largest absolute Gasteiger partial charge is 0.481 e. The van der Waals surface area contributed by atoms with Gasteiger partial charge >= 0.3 is 11.9 Å². The fourth-order valence-corrected chi connectivity index (χ4v) is 2.59. The van der Waals surface area contributed by atoms with Gasteiger partial charge in [0.2, 0.25) is 5.91 Å². The van der Waals surface area contributed by atoms with Gasteiger partial charge in [0, 0.05) is 19.0 Å². The summed E-state index contributed by atoms with van der Waals surface area (Å²) in [6, 6.07) is 0. The van der Waals surface area contributed by atoms with Crippen LogP contribution in [-0.2, 0) is 14.4 Å². The summed E-state index contributed by atoms with van der Waals surface area (Å²) in [5, 5.41) is 18.1. The molecule has 0 aromatic heterocycles. The lowest BCUT2D eigenvalue weighted by atomic mass is 9.85. The second-order valence-electron chi connectivity index (χ2n) is 4.98. The Morgan fingerprint density at radius 3 is 2.05 bits per heavy atom. The molecular formula is C13H21NO5. The molecule has 2 unspecified atom stereocenters. The fraction of sp³-hybridized carbons (Fsp3) is 0.769. The van der Waals surface area contributed by atoms with Crippen molar-refractivity contribution in [2.45, 2.75) is 33.1 Å². The fourth-order valence-electron chi connectivity index (χ4n) is 2.59. The Morgan fingerprint density at radius 1 is 1.11 bits per heavy atom. The van der Waals surface area contributed by atoms with E-state index in [4.69, 9.17) is 10.2 Å². The maximum atomic E-state index is 12.2. The highest BCUT2D eigenvalue weighted by atomic mass is 16.4. The molecule has 6 heteroatoms. The van der Waals surface area contributed by atoms with Crippen LogP contribution in [0.15, 0.2) is 0 Å². The number of nitrogens with zero attached hydrogens (tertiary/aromatic N) is 1. The van der Waals surface area contributed by atoms with Crippen molar-refractivity contribution in [3.05, 3.63) is 0 Å². The summed E-state index contributed by atoms with van der Waals surface area (Å²) in [6.45, 7) is 4.17. The molecule has 1 fully saturated rings. The molecule has 19 heavy (non-hydrogen) atoms. The lowest BCUT2D eigenvalue weighted by Crippen LogP contribution is -2.50. The molecule has 0 bridgehead atoms. The molecular weight excluding hydrogens is 250 g/mol. The molecule has 1 aliphatic heterocycles. The molecule has 0 radical (unpaired) electrons. The van der Waals surface area contributed by atoms with Crippen LogP contribution < -0.4 is 0 Å². The average Bonchev–Trinajstić information content (AvgIpc) is 2.39. The molecule has 1 saturated heterocycles. The summed E-state index contributed by atoms with van der Waals surface area (Å²) >= 11 is 0. The van der Waals surface area contributed by atoms with E-state index in [1.165, 1.54) is 4.90 Å². The van der Waals surface area contributed by atoms with Gasteiger partial charge in [0.05, 0.1) is 11.8 Å². The molecule has 1 rings (SSSR count). The third-order valence-corrected chi connectivity index (χ3v) is 3.89. The number of carboxylic acids is 2. The smallest absolute Gasteiger partial charge is 0.309 e. The Morgan fingerprint density at radius 2 is 1.63 bits per heavy atom. The summed E-state index contributed by atoms with van der Waals surface area (Å²) in [5.74, 6) is -4.31. The zero-order chi connectivity index (χ0) is 14.6. The first-order chi connectivity index (χ1) is 8.92. The van der Waals surface area contributed by atoms with E-state index in [1.54, 1.807) is 0 Å². The van der Waals surface area contributed by atoms with Crippen molar-refractivity contribution in [1.82, 2.24) is 4.90 Å². The highest BCUT2D eigenvalue weighted by Gasteiger charge is 2.40. The summed E-state index contributed by atoms with van der Waals surface area (Å²) < 4.78 is 0. The molecule has 108 valence electrons. The Hall–Kier alpha value is -1.59. The van der Waals surface area contributed by atoms with Crippen LogP contribution in [0.2, 0.25) is 0 Å². The second kappa shape index (κ2) is 6.54. The minimum atomic E-state index is -1.14. The number of carboxylic acid groups (broad SMARTS) is 2. The highest BCUT2D eigenvalue weighted by molar-refractivity contribution is 5.83. The van der Waals surface area contributed by atoms with Crippen molar-refractivity contribution in [1.29, 1.82) is 0 Å². The number of hydrogen-bond donors (Lipinski definition) is 2. The number of carbonyl (C=O) groups is 3. The predicted molar refractivity (Wildman–Crippen MR) is 67.5 cm³/mol. The van der Waals surface area contributed by atoms with Crippen LogP contribution >= 0.6 is 0 Å². The number of amides is 1. The number of piperidine rings is 1. The van der Waals surface area contributed by atoms with Crippen LogP contribution in [0.4, 0.5) is 0 Å². The van der Waals surface area contributed by atoms with Crippen LogP contribution in [0.3, 0.4) is 0 Å². The van der Waals surface area contributed by atoms with Crippen molar-refractivity contribution in [2.24, 2.45) is 17.8 Å². The number of rotatable bonds is 5. The van der Waals surface area contributed by atoms with Crippen LogP contribution in [0.1, 0.15) is 33.1 Å². The normalized spacial score (nSPS) is 23.4. The first-order valence-corrected chi connectivity index (χ1v) is 6.66. The standard InChI is InChI=1S/C13H21NO5/c1-3-8(4-2)11(15)14-6-5-9(12(16)17)10(7-14)13(18)19/h8-10H,3-7H2,1-2H3,(H,16,17)(H,18,19). The van der Waals surface area contributed by atoms with E-state index in [2.05, 4.69) is 0 Å². The number of likely N-dealkylation sites (tertiary alicyclic amines) is 1. The van der Waals surface area contributed by atoms with Crippen LogP contribution in [-0.4, -0.2) is 46.0 Å². The Kier molecular flexibility index (Phi) is 5.32. The zero-order valence-electron chi connectivity index (χ0n) is 11.3. The lowest BCUT2D eigenvalue weighted by molar-refractivity contribution is -0.159. The van der Waals surface area contributed by atoms with Crippen molar-refractivity contribution in [3.8, 4) is 0 Å². The third-order valence-electron chi connectivity index (χ3n) is 3.89. The molecule has 0 spiro atoms. The van der Waals surface area contributed by atoms with E-state index >= 15 is 0 Å². The molecule has 1 amide bonds. The first-order valence-electron chi connectivity index (χ1n) is 6.66. The zero-order valence-corrected chi connectivity index (χ0v) is 11.3. The molecule has 0 aromatic rings. The molecule has 0 saturated carbocycles. The van der Waals surface area contributed by atoms with Crippen LogP contribution in [0.5, 0.6) is 0 Å². The highest BCUT2D eigenvalue weighted by Crippen LogP contribution is 2.26. The quantitative estimate of drug-likeness (QED) is 0.779. The van der Waals surface area contributed by atoms with Gasteiger partial charge in [-0.1, -0.05) is 13.8 Å². The van der Waals surface area contributed by atoms with Gasteiger partial charge in [-0.05, 0) is 19.3 Å². The Labute approximate surface area is 112 Å². The summed E-state index contributed by atoms with van der Waals surface area (Å²) in [5.41, 5.74) is 0. The van der Waals surface area contributed by atoms with Crippen LogP contribution in [0.25, 0.3) is 0 Å². The minimum Gasteiger partial charge on any atom is -0.481 e. The molecule has 0 aromatic carbocycles. The van der Waals surface area contributed by atoms with E-state index in [0.29, 0.717) is 19.4 Å². The molecule has 0 aliphatic carbocycles. The Balaban J connectivity index is 2.79. The van der Waals surface area contributed by atoms with Gasteiger partial charge in [-0.3, -0.25) is 14.4 Å². The maximum Gasteiger partial charge on any atom is 0.309 e. The minimum absolute atomic E-state index is 0.00162. The maximum absolute atomic E-state index is 12.2. The van der Waals surface area contributed by atoms with Crippen molar-refractivity contribution >= 4 is 17.8 Å². The number of aliphatic carboxylic acids is 2. The molecule has 1 heterocycles. The van der Waals surface area contributed by atoms with Crippen molar-refractivity contribution < 1.29 is 24.6 Å². The van der Waals surface area contributed by atoms with E-state index in [-0.39, 0.29) is 24.8 Å². The number of hydrogen-bond acceptors (Lipinski definition) is 3. The van der Waals surface area contributed by atoms with Crippen molar-refractivity contribution in [2.75, 3.05) is 13.1 Å². The Bertz CT molecular complexity index is 364. The predicted octanol–water partition coefficient (Wildman–Crippen LogP) is 1.06. The third kappa shape index (κ3) is 3.45. The van der Waals surface area contributed by atoms with Gasteiger partial charge < -0.3 is 15.1 Å². The molecule has 1 aliphatic rings. The number of carbonyl (C=O) groups excluding carboxylic acids is 1. The monoisotopic (exact) mass is 271 g/mol. The lowest BCUT2D eigenvalue weighted by Gasteiger charge is -2.36. The van der Waals surface area contributed by atoms with Crippen molar-refractivity contribution in [3.63, 3.8) is 0 Å². The second-order valence-corrected chi connectivity index (χ2v) is 4.98. The van der Waals surface area contributed by atoms with E-state index in [0.717, 1.165) is 0 Å². The SMILES string of the molecule is CCC(CC)C(=O)N1CCC(C(=O)O)C(C(=O)O)C1. The molecule has 2 atom stereocenters. The van der Waals surface area contributed by atoms with E-state index in [9.17, 15) is 14.4 Å². The first kappa shape index (κ1) is 15.5. The molecule has 6 nitrogen and oxygen atoms in total. The van der Waals surface area contributed by atoms with Gasteiger partial charge in [-0.25, -0.2) is 0 Å². The van der Waals surface area contributed by atoms with Gasteiger partial charge in [0.15, 0.2) is 0 Å². The summed E-state index contributed by atoms with van der Waals surface area (Å²) in [7, 11) is 0. The summed E-state index contributed by atoms with van der Waals surface area (Å²) in [4.78, 5) is 35.9. The molecule has 2 N–H and O–H groups in total.